The van der Waals surface area contributed by atoms with Crippen LogP contribution < -0.4 is 5.32 Å². The van der Waals surface area contributed by atoms with Gasteiger partial charge in [0.15, 0.2) is 0 Å². The second kappa shape index (κ2) is 5.78. The van der Waals surface area contributed by atoms with Crippen molar-refractivity contribution in [1.82, 2.24) is 10.3 Å². The first-order chi connectivity index (χ1) is 7.81. The first-order valence-corrected chi connectivity index (χ1v) is 7.32. The highest BCUT2D eigenvalue weighted by molar-refractivity contribution is 7.09. The SMILES string of the molecule is CCCNC(CC1CCC1)c1scnc1C. The highest BCUT2D eigenvalue weighted by Gasteiger charge is 2.24. The topological polar surface area (TPSA) is 24.9 Å². The Labute approximate surface area is 102 Å². The predicted octanol–water partition coefficient (Wildman–Crippen LogP) is 3.68. The minimum atomic E-state index is 0.553. The number of nitrogens with one attached hydrogen (secondary N) is 1. The molecule has 1 aromatic heterocycles. The summed E-state index contributed by atoms with van der Waals surface area (Å²) >= 11 is 1.81. The van der Waals surface area contributed by atoms with E-state index in [2.05, 4.69) is 24.1 Å². The summed E-state index contributed by atoms with van der Waals surface area (Å²) < 4.78 is 0. The second-order valence-electron chi connectivity index (χ2n) is 4.84. The molecule has 1 fully saturated rings. The van der Waals surface area contributed by atoms with E-state index in [-0.39, 0.29) is 0 Å². The van der Waals surface area contributed by atoms with Crippen LogP contribution in [0.1, 0.15) is 55.6 Å². The highest BCUT2D eigenvalue weighted by atomic mass is 32.1. The average Bonchev–Trinajstić information content (AvgIpc) is 2.62. The lowest BCUT2D eigenvalue weighted by Gasteiger charge is -2.30. The van der Waals surface area contributed by atoms with Gasteiger partial charge in [0, 0.05) is 10.9 Å². The van der Waals surface area contributed by atoms with Crippen LogP contribution in [0.25, 0.3) is 0 Å². The van der Waals surface area contributed by atoms with Crippen LogP contribution >= 0.6 is 11.3 Å². The van der Waals surface area contributed by atoms with Gasteiger partial charge in [0.2, 0.25) is 0 Å². The van der Waals surface area contributed by atoms with Crippen molar-refractivity contribution in [2.24, 2.45) is 5.92 Å². The van der Waals surface area contributed by atoms with E-state index >= 15 is 0 Å². The molecule has 16 heavy (non-hydrogen) atoms. The fraction of sp³-hybridized carbons (Fsp3) is 0.769. The third kappa shape index (κ3) is 2.83. The van der Waals surface area contributed by atoms with Crippen LogP contribution in [0, 0.1) is 12.8 Å². The molecule has 0 radical (unpaired) electrons. The summed E-state index contributed by atoms with van der Waals surface area (Å²) in [6.07, 6.45) is 6.82. The van der Waals surface area contributed by atoms with Crippen LogP contribution in [0.5, 0.6) is 0 Å². The van der Waals surface area contributed by atoms with Crippen molar-refractivity contribution in [3.8, 4) is 0 Å². The standard InChI is InChI=1S/C13H22N2S/c1-3-7-14-12(8-11-5-4-6-11)13-10(2)15-9-16-13/h9,11-12,14H,3-8H2,1-2H3. The Bertz CT molecular complexity index is 317. The Balaban J connectivity index is 1.98. The summed E-state index contributed by atoms with van der Waals surface area (Å²) in [5.74, 6) is 0.954. The number of rotatable bonds is 6. The number of aryl methyl sites for hydroxylation is 1. The largest absolute Gasteiger partial charge is 0.309 e. The van der Waals surface area contributed by atoms with Crippen molar-refractivity contribution in [3.63, 3.8) is 0 Å². The summed E-state index contributed by atoms with van der Waals surface area (Å²) in [6, 6.07) is 0.553. The zero-order valence-corrected chi connectivity index (χ0v) is 11.1. The molecule has 0 saturated heterocycles. The number of aromatic nitrogens is 1. The lowest BCUT2D eigenvalue weighted by atomic mass is 9.80. The van der Waals surface area contributed by atoms with Crippen molar-refractivity contribution in [2.45, 2.75) is 52.0 Å². The van der Waals surface area contributed by atoms with E-state index in [0.717, 1.165) is 12.5 Å². The molecule has 1 aliphatic carbocycles. The van der Waals surface area contributed by atoms with E-state index in [1.165, 1.54) is 42.7 Å². The molecule has 1 unspecified atom stereocenters. The lowest BCUT2D eigenvalue weighted by molar-refractivity contribution is 0.262. The molecule has 0 aliphatic heterocycles. The van der Waals surface area contributed by atoms with Crippen LogP contribution in [0.2, 0.25) is 0 Å². The van der Waals surface area contributed by atoms with E-state index in [1.807, 2.05) is 16.8 Å². The van der Waals surface area contributed by atoms with E-state index < -0.39 is 0 Å². The maximum absolute atomic E-state index is 4.38. The lowest BCUT2D eigenvalue weighted by Crippen LogP contribution is -2.26. The van der Waals surface area contributed by atoms with Crippen molar-refractivity contribution in [3.05, 3.63) is 16.1 Å². The Hall–Kier alpha value is -0.410. The molecule has 1 atom stereocenters. The van der Waals surface area contributed by atoms with Gasteiger partial charge in [0.05, 0.1) is 11.2 Å². The number of hydrogen-bond donors (Lipinski definition) is 1. The van der Waals surface area contributed by atoms with Crippen LogP contribution in [0.15, 0.2) is 5.51 Å². The molecule has 90 valence electrons. The number of nitrogens with zero attached hydrogens (tertiary/aromatic N) is 1. The van der Waals surface area contributed by atoms with Crippen molar-refractivity contribution >= 4 is 11.3 Å². The monoisotopic (exact) mass is 238 g/mol. The molecule has 3 heteroatoms. The summed E-state index contributed by atoms with van der Waals surface area (Å²) in [5, 5.41) is 3.68. The smallest absolute Gasteiger partial charge is 0.0798 e. The van der Waals surface area contributed by atoms with E-state index in [1.54, 1.807) is 0 Å². The van der Waals surface area contributed by atoms with Gasteiger partial charge in [-0.25, -0.2) is 4.98 Å². The molecule has 0 bridgehead atoms. The minimum Gasteiger partial charge on any atom is -0.309 e. The molecular weight excluding hydrogens is 216 g/mol. The van der Waals surface area contributed by atoms with Gasteiger partial charge in [0.25, 0.3) is 0 Å². The first-order valence-electron chi connectivity index (χ1n) is 6.44. The third-order valence-corrected chi connectivity index (χ3v) is 4.58. The fourth-order valence-corrected chi connectivity index (χ4v) is 3.20. The van der Waals surface area contributed by atoms with Crippen LogP contribution in [0.3, 0.4) is 0 Å². The van der Waals surface area contributed by atoms with Crippen molar-refractivity contribution in [1.29, 1.82) is 0 Å². The van der Waals surface area contributed by atoms with Gasteiger partial charge in [-0.15, -0.1) is 11.3 Å². The van der Waals surface area contributed by atoms with Crippen molar-refractivity contribution < 1.29 is 0 Å². The maximum atomic E-state index is 4.38. The first kappa shape index (κ1) is 12.1. The normalized spacial score (nSPS) is 18.4. The summed E-state index contributed by atoms with van der Waals surface area (Å²) in [7, 11) is 0. The molecule has 1 heterocycles. The minimum absolute atomic E-state index is 0.553. The van der Waals surface area contributed by atoms with Crippen molar-refractivity contribution in [2.75, 3.05) is 6.54 Å². The average molecular weight is 238 g/mol. The summed E-state index contributed by atoms with van der Waals surface area (Å²) in [5.41, 5.74) is 3.20. The Morgan fingerprint density at radius 2 is 2.38 bits per heavy atom. The molecule has 1 aliphatic rings. The number of hydrogen-bond acceptors (Lipinski definition) is 3. The molecule has 2 nitrogen and oxygen atoms in total. The quantitative estimate of drug-likeness (QED) is 0.817. The molecular formula is C13H22N2S. The number of thiazole rings is 1. The Morgan fingerprint density at radius 3 is 2.88 bits per heavy atom. The molecule has 0 amide bonds. The van der Waals surface area contributed by atoms with Gasteiger partial charge in [-0.2, -0.15) is 0 Å². The van der Waals surface area contributed by atoms with Gasteiger partial charge in [-0.3, -0.25) is 0 Å². The molecule has 0 aromatic carbocycles. The maximum Gasteiger partial charge on any atom is 0.0798 e. The zero-order chi connectivity index (χ0) is 11.4. The molecule has 2 rings (SSSR count). The van der Waals surface area contributed by atoms with Crippen LogP contribution in [-0.4, -0.2) is 11.5 Å². The third-order valence-electron chi connectivity index (χ3n) is 3.53. The Morgan fingerprint density at radius 1 is 1.56 bits per heavy atom. The van der Waals surface area contributed by atoms with Crippen LogP contribution in [0.4, 0.5) is 0 Å². The van der Waals surface area contributed by atoms with Crippen LogP contribution in [-0.2, 0) is 0 Å². The molecule has 0 spiro atoms. The van der Waals surface area contributed by atoms with Gasteiger partial charge in [-0.05, 0) is 32.2 Å². The van der Waals surface area contributed by atoms with Gasteiger partial charge < -0.3 is 5.32 Å². The fourth-order valence-electron chi connectivity index (χ4n) is 2.31. The zero-order valence-electron chi connectivity index (χ0n) is 10.3. The van der Waals surface area contributed by atoms with Gasteiger partial charge in [-0.1, -0.05) is 26.2 Å². The highest BCUT2D eigenvalue weighted by Crippen LogP contribution is 2.36. The molecule has 1 aromatic rings. The Kier molecular flexibility index (Phi) is 4.36. The molecule has 1 saturated carbocycles. The van der Waals surface area contributed by atoms with E-state index in [4.69, 9.17) is 0 Å². The van der Waals surface area contributed by atoms with Gasteiger partial charge >= 0.3 is 0 Å². The predicted molar refractivity (Wildman–Crippen MR) is 69.8 cm³/mol. The molecule has 1 N–H and O–H groups in total. The van der Waals surface area contributed by atoms with Gasteiger partial charge in [0.1, 0.15) is 0 Å². The summed E-state index contributed by atoms with van der Waals surface area (Å²) in [6.45, 7) is 5.48. The van der Waals surface area contributed by atoms with E-state index in [0.29, 0.717) is 6.04 Å². The van der Waals surface area contributed by atoms with E-state index in [9.17, 15) is 0 Å². The summed E-state index contributed by atoms with van der Waals surface area (Å²) in [4.78, 5) is 5.83. The second-order valence-corrected chi connectivity index (χ2v) is 5.73.